The fourth-order valence-corrected chi connectivity index (χ4v) is 3.76. The molecule has 0 unspecified atom stereocenters. The number of amides is 1. The van der Waals surface area contributed by atoms with Gasteiger partial charge in [-0.1, -0.05) is 36.4 Å². The third-order valence-electron chi connectivity index (χ3n) is 4.46. The normalized spacial score (nSPS) is 16.5. The maximum Gasteiger partial charge on any atom is 0.244 e. The molecule has 0 atom stereocenters. The van der Waals surface area contributed by atoms with E-state index in [1.165, 1.54) is 4.88 Å². The van der Waals surface area contributed by atoms with Gasteiger partial charge in [0.2, 0.25) is 5.91 Å². The summed E-state index contributed by atoms with van der Waals surface area (Å²) in [5.74, 6) is 0.596. The molecular weight excluding hydrogens is 316 g/mol. The number of hydrogen-bond donors (Lipinski definition) is 1. The number of benzene rings is 1. The number of nitrogens with zero attached hydrogens (tertiary/aromatic N) is 1. The number of thiophene rings is 1. The lowest BCUT2D eigenvalue weighted by Crippen LogP contribution is -2.37. The first-order valence-corrected chi connectivity index (χ1v) is 9.43. The van der Waals surface area contributed by atoms with Crippen molar-refractivity contribution in [2.24, 2.45) is 5.92 Å². The van der Waals surface area contributed by atoms with E-state index in [4.69, 9.17) is 0 Å². The third kappa shape index (κ3) is 5.32. The Labute approximate surface area is 148 Å². The summed E-state index contributed by atoms with van der Waals surface area (Å²) in [4.78, 5) is 15.9. The molecule has 1 N–H and O–H groups in total. The highest BCUT2D eigenvalue weighted by atomic mass is 32.1. The second-order valence-corrected chi connectivity index (χ2v) is 7.32. The average molecular weight is 340 g/mol. The Hall–Kier alpha value is -1.91. The van der Waals surface area contributed by atoms with Crippen molar-refractivity contribution >= 4 is 23.3 Å². The molecule has 1 aromatic carbocycles. The van der Waals surface area contributed by atoms with Gasteiger partial charge in [-0.2, -0.15) is 0 Å². The lowest BCUT2D eigenvalue weighted by Gasteiger charge is -2.31. The zero-order chi connectivity index (χ0) is 16.6. The van der Waals surface area contributed by atoms with Gasteiger partial charge in [-0.3, -0.25) is 9.69 Å². The van der Waals surface area contributed by atoms with Crippen LogP contribution in [0.15, 0.2) is 53.9 Å². The molecule has 3 nitrogen and oxygen atoms in total. The molecular formula is C20H24N2OS. The highest BCUT2D eigenvalue weighted by Gasteiger charge is 2.19. The van der Waals surface area contributed by atoms with Crippen LogP contribution in [0.3, 0.4) is 0 Å². The van der Waals surface area contributed by atoms with Gasteiger partial charge in [0, 0.05) is 24.0 Å². The van der Waals surface area contributed by atoms with Crippen LogP contribution in [0.5, 0.6) is 0 Å². The predicted octanol–water partition coefficient (Wildman–Crippen LogP) is 3.79. The van der Waals surface area contributed by atoms with Crippen molar-refractivity contribution in [1.29, 1.82) is 0 Å². The van der Waals surface area contributed by atoms with Crippen molar-refractivity contribution in [1.82, 2.24) is 10.2 Å². The summed E-state index contributed by atoms with van der Waals surface area (Å²) in [7, 11) is 0. The average Bonchev–Trinajstić information content (AvgIpc) is 3.13. The van der Waals surface area contributed by atoms with Gasteiger partial charge in [-0.25, -0.2) is 0 Å². The minimum Gasteiger partial charge on any atom is -0.352 e. The molecule has 0 saturated carbocycles. The number of rotatable bonds is 6. The summed E-state index contributed by atoms with van der Waals surface area (Å²) in [6, 6.07) is 14.2. The maximum absolute atomic E-state index is 11.9. The minimum absolute atomic E-state index is 0.000122. The van der Waals surface area contributed by atoms with Crippen molar-refractivity contribution in [2.45, 2.75) is 19.4 Å². The Bertz CT molecular complexity index is 644. The van der Waals surface area contributed by atoms with Crippen molar-refractivity contribution < 1.29 is 4.79 Å². The summed E-state index contributed by atoms with van der Waals surface area (Å²) in [5.41, 5.74) is 1.05. The number of hydrogen-bond acceptors (Lipinski definition) is 3. The molecule has 0 aliphatic carbocycles. The highest BCUT2D eigenvalue weighted by molar-refractivity contribution is 7.09. The van der Waals surface area contributed by atoms with E-state index in [0.29, 0.717) is 5.92 Å². The van der Waals surface area contributed by atoms with Gasteiger partial charge >= 0.3 is 0 Å². The van der Waals surface area contributed by atoms with E-state index in [1.54, 1.807) is 6.08 Å². The molecule has 2 heterocycles. The van der Waals surface area contributed by atoms with E-state index in [2.05, 4.69) is 27.7 Å². The molecule has 4 heteroatoms. The number of carbonyl (C=O) groups is 1. The monoisotopic (exact) mass is 340 g/mol. The van der Waals surface area contributed by atoms with Crippen LogP contribution in [0.2, 0.25) is 0 Å². The predicted molar refractivity (Wildman–Crippen MR) is 101 cm³/mol. The third-order valence-corrected chi connectivity index (χ3v) is 5.32. The van der Waals surface area contributed by atoms with Gasteiger partial charge in [-0.05, 0) is 54.9 Å². The SMILES string of the molecule is O=C(/C=C/c1ccccc1)NCC1CCN(Cc2cccs2)CC1. The Morgan fingerprint density at radius 1 is 1.17 bits per heavy atom. The van der Waals surface area contributed by atoms with Crippen LogP contribution in [0.4, 0.5) is 0 Å². The number of carbonyl (C=O) groups excluding carboxylic acids is 1. The topological polar surface area (TPSA) is 32.3 Å². The standard InChI is InChI=1S/C20H24N2OS/c23-20(9-8-17-5-2-1-3-6-17)21-15-18-10-12-22(13-11-18)16-19-7-4-14-24-19/h1-9,14,18H,10-13,15-16H2,(H,21,23)/b9-8+. The molecule has 24 heavy (non-hydrogen) atoms. The minimum atomic E-state index is -0.000122. The Balaban J connectivity index is 1.35. The smallest absolute Gasteiger partial charge is 0.244 e. The first-order chi connectivity index (χ1) is 11.8. The van der Waals surface area contributed by atoms with Gasteiger partial charge in [0.25, 0.3) is 0 Å². The van der Waals surface area contributed by atoms with Crippen LogP contribution in [-0.2, 0) is 11.3 Å². The first-order valence-electron chi connectivity index (χ1n) is 8.55. The first kappa shape index (κ1) is 16.9. The van der Waals surface area contributed by atoms with Crippen LogP contribution in [0, 0.1) is 5.92 Å². The lowest BCUT2D eigenvalue weighted by atomic mass is 9.97. The largest absolute Gasteiger partial charge is 0.352 e. The molecule has 1 aliphatic heterocycles. The molecule has 1 aromatic heterocycles. The second kappa shape index (κ2) is 8.81. The molecule has 0 spiro atoms. The molecule has 126 valence electrons. The number of nitrogens with one attached hydrogen (secondary N) is 1. The van der Waals surface area contributed by atoms with Crippen LogP contribution in [0.25, 0.3) is 6.08 Å². The van der Waals surface area contributed by atoms with E-state index in [9.17, 15) is 4.79 Å². The number of likely N-dealkylation sites (tertiary alicyclic amines) is 1. The van der Waals surface area contributed by atoms with Gasteiger partial charge in [0.05, 0.1) is 0 Å². The second-order valence-electron chi connectivity index (χ2n) is 6.29. The number of piperidine rings is 1. The van der Waals surface area contributed by atoms with Crippen LogP contribution in [-0.4, -0.2) is 30.4 Å². The highest BCUT2D eigenvalue weighted by Crippen LogP contribution is 2.20. The molecule has 2 aromatic rings. The quantitative estimate of drug-likeness (QED) is 0.812. The Kier molecular flexibility index (Phi) is 6.21. The summed E-state index contributed by atoms with van der Waals surface area (Å²) in [6.45, 7) is 4.10. The zero-order valence-electron chi connectivity index (χ0n) is 13.9. The van der Waals surface area contributed by atoms with E-state index in [1.807, 2.05) is 47.7 Å². The van der Waals surface area contributed by atoms with Crippen LogP contribution >= 0.6 is 11.3 Å². The van der Waals surface area contributed by atoms with Gasteiger partial charge in [0.15, 0.2) is 0 Å². The summed E-state index contributed by atoms with van der Waals surface area (Å²) in [6.07, 6.45) is 5.81. The molecule has 1 aliphatic rings. The van der Waals surface area contributed by atoms with Gasteiger partial charge < -0.3 is 5.32 Å². The molecule has 0 radical (unpaired) electrons. The molecule has 1 amide bonds. The zero-order valence-corrected chi connectivity index (χ0v) is 14.7. The molecule has 0 bridgehead atoms. The summed E-state index contributed by atoms with van der Waals surface area (Å²) in [5, 5.41) is 5.18. The Morgan fingerprint density at radius 3 is 2.67 bits per heavy atom. The van der Waals surface area contributed by atoms with Crippen molar-refractivity contribution in [3.63, 3.8) is 0 Å². The van der Waals surface area contributed by atoms with Crippen LogP contribution < -0.4 is 5.32 Å². The fraction of sp³-hybridized carbons (Fsp3) is 0.350. The summed E-state index contributed by atoms with van der Waals surface area (Å²) >= 11 is 1.83. The van der Waals surface area contributed by atoms with Gasteiger partial charge in [-0.15, -0.1) is 11.3 Å². The van der Waals surface area contributed by atoms with Gasteiger partial charge in [0.1, 0.15) is 0 Å². The molecule has 3 rings (SSSR count). The van der Waals surface area contributed by atoms with Crippen molar-refractivity contribution in [2.75, 3.05) is 19.6 Å². The maximum atomic E-state index is 11.9. The molecule has 1 fully saturated rings. The van der Waals surface area contributed by atoms with E-state index in [0.717, 1.165) is 44.6 Å². The van der Waals surface area contributed by atoms with E-state index >= 15 is 0 Å². The Morgan fingerprint density at radius 2 is 1.96 bits per heavy atom. The van der Waals surface area contributed by atoms with E-state index in [-0.39, 0.29) is 5.91 Å². The van der Waals surface area contributed by atoms with Crippen molar-refractivity contribution in [3.8, 4) is 0 Å². The van der Waals surface area contributed by atoms with Crippen LogP contribution in [0.1, 0.15) is 23.3 Å². The summed E-state index contributed by atoms with van der Waals surface area (Å²) < 4.78 is 0. The fourth-order valence-electron chi connectivity index (χ4n) is 3.01. The van der Waals surface area contributed by atoms with Crippen molar-refractivity contribution in [3.05, 3.63) is 64.4 Å². The van der Waals surface area contributed by atoms with E-state index < -0.39 is 0 Å². The molecule has 1 saturated heterocycles. The lowest BCUT2D eigenvalue weighted by molar-refractivity contribution is -0.116.